The summed E-state index contributed by atoms with van der Waals surface area (Å²) in [6.07, 6.45) is 2.91. The molecule has 1 aliphatic rings. The van der Waals surface area contributed by atoms with E-state index in [1.807, 2.05) is 0 Å². The monoisotopic (exact) mass is 522 g/mol. The molecule has 11 heteroatoms. The molecule has 1 fully saturated rings. The van der Waals surface area contributed by atoms with Crippen molar-refractivity contribution < 1.29 is 36.8 Å². The van der Waals surface area contributed by atoms with Gasteiger partial charge in [-0.2, -0.15) is 0 Å². The summed E-state index contributed by atoms with van der Waals surface area (Å²) in [4.78, 5) is 2.26. The van der Waals surface area contributed by atoms with E-state index in [4.69, 9.17) is 28.4 Å². The minimum atomic E-state index is -3.69. The zero-order valence-electron chi connectivity index (χ0n) is 21.1. The molecular formula is C25H34N2O8S. The van der Waals surface area contributed by atoms with Crippen LogP contribution in [0.2, 0.25) is 0 Å². The zero-order valence-corrected chi connectivity index (χ0v) is 21.9. The molecule has 0 bridgehead atoms. The number of benzene rings is 2. The van der Waals surface area contributed by atoms with E-state index < -0.39 is 10.0 Å². The molecule has 1 aliphatic heterocycles. The minimum absolute atomic E-state index is 0.238. The van der Waals surface area contributed by atoms with E-state index in [0.29, 0.717) is 46.5 Å². The molecule has 1 N–H and O–H groups in total. The first-order chi connectivity index (χ1) is 17.4. The number of rotatable bonds is 13. The standard InChI is InChI=1S/C25H34N2O8S/c1-30-20-16-23(32-3)21(24(17-20)33-4)7-8-26-36(28,29)18-19-5-6-22(31-2)25(15-19)35-14-11-27-9-12-34-13-10-27/h5-8,15-17,26H,9-14,18H2,1-4H3/b8-7+. The quantitative estimate of drug-likeness (QED) is 0.425. The van der Waals surface area contributed by atoms with Crippen LogP contribution in [-0.4, -0.2) is 81.2 Å². The van der Waals surface area contributed by atoms with Gasteiger partial charge in [0.15, 0.2) is 11.5 Å². The minimum Gasteiger partial charge on any atom is -0.496 e. The second-order valence-electron chi connectivity index (χ2n) is 7.94. The third-order valence-corrected chi connectivity index (χ3v) is 6.81. The Labute approximate surface area is 212 Å². The van der Waals surface area contributed by atoms with Crippen molar-refractivity contribution in [3.63, 3.8) is 0 Å². The van der Waals surface area contributed by atoms with E-state index in [1.165, 1.54) is 27.5 Å². The maximum absolute atomic E-state index is 12.8. The van der Waals surface area contributed by atoms with E-state index >= 15 is 0 Å². The number of ether oxygens (including phenoxy) is 6. The second kappa shape index (κ2) is 13.2. The summed E-state index contributed by atoms with van der Waals surface area (Å²) in [7, 11) is 2.43. The number of sulfonamides is 1. The van der Waals surface area contributed by atoms with Crippen LogP contribution < -0.4 is 28.4 Å². The summed E-state index contributed by atoms with van der Waals surface area (Å²) >= 11 is 0. The maximum Gasteiger partial charge on any atom is 0.236 e. The number of methoxy groups -OCH3 is 4. The lowest BCUT2D eigenvalue weighted by Crippen LogP contribution is -2.38. The van der Waals surface area contributed by atoms with E-state index in [0.717, 1.165) is 32.8 Å². The number of hydrogen-bond donors (Lipinski definition) is 1. The fourth-order valence-corrected chi connectivity index (χ4v) is 4.69. The first kappa shape index (κ1) is 27.4. The molecule has 1 heterocycles. The highest BCUT2D eigenvalue weighted by Gasteiger charge is 2.15. The number of nitrogens with zero attached hydrogens (tertiary/aromatic N) is 1. The van der Waals surface area contributed by atoms with Crippen molar-refractivity contribution in [1.82, 2.24) is 9.62 Å². The van der Waals surface area contributed by atoms with Gasteiger partial charge in [-0.1, -0.05) is 6.07 Å². The fourth-order valence-electron chi connectivity index (χ4n) is 3.71. The van der Waals surface area contributed by atoms with Crippen molar-refractivity contribution in [1.29, 1.82) is 0 Å². The Morgan fingerprint density at radius 2 is 1.58 bits per heavy atom. The normalized spacial score (nSPS) is 14.4. The lowest BCUT2D eigenvalue weighted by Gasteiger charge is -2.26. The Morgan fingerprint density at radius 1 is 0.917 bits per heavy atom. The van der Waals surface area contributed by atoms with Crippen molar-refractivity contribution >= 4 is 16.1 Å². The summed E-state index contributed by atoms with van der Waals surface area (Å²) in [5, 5.41) is 0. The van der Waals surface area contributed by atoms with Gasteiger partial charge >= 0.3 is 0 Å². The highest BCUT2D eigenvalue weighted by Crippen LogP contribution is 2.35. The van der Waals surface area contributed by atoms with Crippen molar-refractivity contribution in [2.45, 2.75) is 5.75 Å². The summed E-state index contributed by atoms with van der Waals surface area (Å²) < 4.78 is 60.7. The van der Waals surface area contributed by atoms with Gasteiger partial charge < -0.3 is 28.4 Å². The van der Waals surface area contributed by atoms with Crippen molar-refractivity contribution in [2.75, 3.05) is 67.9 Å². The Kier molecular flexibility index (Phi) is 10.1. The summed E-state index contributed by atoms with van der Waals surface area (Å²) in [6.45, 7) is 4.38. The third-order valence-electron chi connectivity index (χ3n) is 5.60. The Hall–Kier alpha value is -3.15. The summed E-state index contributed by atoms with van der Waals surface area (Å²) in [6, 6.07) is 8.48. The van der Waals surface area contributed by atoms with E-state index in [9.17, 15) is 8.42 Å². The molecule has 36 heavy (non-hydrogen) atoms. The van der Waals surface area contributed by atoms with Crippen molar-refractivity contribution in [3.05, 3.63) is 47.7 Å². The maximum atomic E-state index is 12.8. The number of morpholine rings is 1. The van der Waals surface area contributed by atoms with E-state index in [2.05, 4.69) is 9.62 Å². The number of hydrogen-bond acceptors (Lipinski definition) is 9. The van der Waals surface area contributed by atoms with Crippen LogP contribution in [0.5, 0.6) is 28.7 Å². The molecule has 0 saturated carbocycles. The van der Waals surface area contributed by atoms with Crippen LogP contribution in [0, 0.1) is 0 Å². The largest absolute Gasteiger partial charge is 0.496 e. The van der Waals surface area contributed by atoms with Crippen LogP contribution in [-0.2, 0) is 20.5 Å². The van der Waals surface area contributed by atoms with Gasteiger partial charge in [0.2, 0.25) is 10.0 Å². The highest BCUT2D eigenvalue weighted by atomic mass is 32.2. The first-order valence-electron chi connectivity index (χ1n) is 11.5. The van der Waals surface area contributed by atoms with Crippen molar-refractivity contribution in [2.24, 2.45) is 0 Å². The Bertz CT molecular complexity index is 1110. The molecule has 0 unspecified atom stereocenters. The van der Waals surface area contributed by atoms with Crippen LogP contribution in [0.25, 0.3) is 6.08 Å². The molecule has 2 aromatic carbocycles. The smallest absolute Gasteiger partial charge is 0.236 e. The van der Waals surface area contributed by atoms with Crippen LogP contribution in [0.1, 0.15) is 11.1 Å². The van der Waals surface area contributed by atoms with Gasteiger partial charge in [-0.05, 0) is 23.8 Å². The SMILES string of the molecule is COc1cc(OC)c(/C=C/NS(=O)(=O)Cc2ccc(OC)c(OCCN3CCOCC3)c2)c(OC)c1. The molecule has 2 aromatic rings. The molecule has 0 atom stereocenters. The van der Waals surface area contributed by atoms with Gasteiger partial charge in [0.05, 0.1) is 53.0 Å². The predicted octanol–water partition coefficient (Wildman–Crippen LogP) is 2.52. The van der Waals surface area contributed by atoms with Crippen molar-refractivity contribution in [3.8, 4) is 28.7 Å². The van der Waals surface area contributed by atoms with Gasteiger partial charge in [-0.15, -0.1) is 0 Å². The molecule has 3 rings (SSSR count). The average molecular weight is 523 g/mol. The number of nitrogens with one attached hydrogen (secondary N) is 1. The Balaban J connectivity index is 1.66. The van der Waals surface area contributed by atoms with Crippen LogP contribution in [0.4, 0.5) is 0 Å². The molecule has 198 valence electrons. The van der Waals surface area contributed by atoms with Crippen LogP contribution in [0.3, 0.4) is 0 Å². The second-order valence-corrected chi connectivity index (χ2v) is 9.70. The van der Waals surface area contributed by atoms with Gasteiger partial charge in [0.25, 0.3) is 0 Å². The van der Waals surface area contributed by atoms with E-state index in [-0.39, 0.29) is 5.75 Å². The lowest BCUT2D eigenvalue weighted by molar-refractivity contribution is 0.0321. The topological polar surface area (TPSA) is 105 Å². The van der Waals surface area contributed by atoms with Crippen LogP contribution >= 0.6 is 0 Å². The Morgan fingerprint density at radius 3 is 2.19 bits per heavy atom. The van der Waals surface area contributed by atoms with Gasteiger partial charge in [0.1, 0.15) is 23.9 Å². The predicted molar refractivity (Wildman–Crippen MR) is 137 cm³/mol. The molecule has 0 amide bonds. The molecule has 0 radical (unpaired) electrons. The summed E-state index contributed by atoms with van der Waals surface area (Å²) in [5.74, 6) is 2.33. The average Bonchev–Trinajstić information content (AvgIpc) is 2.89. The van der Waals surface area contributed by atoms with Crippen LogP contribution in [0.15, 0.2) is 36.5 Å². The molecule has 10 nitrogen and oxygen atoms in total. The third kappa shape index (κ3) is 7.67. The highest BCUT2D eigenvalue weighted by molar-refractivity contribution is 7.88. The molecule has 0 spiro atoms. The molecule has 0 aliphatic carbocycles. The van der Waals surface area contributed by atoms with Gasteiger partial charge in [0, 0.05) is 38.0 Å². The van der Waals surface area contributed by atoms with E-state index in [1.54, 1.807) is 43.5 Å². The summed E-state index contributed by atoms with van der Waals surface area (Å²) in [5.41, 5.74) is 1.14. The molecule has 0 aromatic heterocycles. The van der Waals surface area contributed by atoms with Gasteiger partial charge in [-0.3, -0.25) is 9.62 Å². The molecule has 1 saturated heterocycles. The lowest BCUT2D eigenvalue weighted by atomic mass is 10.1. The first-order valence-corrected chi connectivity index (χ1v) is 13.1. The molecular weight excluding hydrogens is 488 g/mol. The van der Waals surface area contributed by atoms with Gasteiger partial charge in [-0.25, -0.2) is 8.42 Å². The zero-order chi connectivity index (χ0) is 26.0. The fraction of sp³-hybridized carbons (Fsp3) is 0.440.